The van der Waals surface area contributed by atoms with Crippen molar-refractivity contribution in [1.82, 2.24) is 0 Å². The Labute approximate surface area is 155 Å². The van der Waals surface area contributed by atoms with Crippen molar-refractivity contribution in [3.8, 4) is 0 Å². The highest BCUT2D eigenvalue weighted by atomic mass is 28.3. The molecule has 0 unspecified atom stereocenters. The summed E-state index contributed by atoms with van der Waals surface area (Å²) in [4.78, 5) is 0. The van der Waals surface area contributed by atoms with Crippen molar-refractivity contribution in [2.24, 2.45) is 0 Å². The van der Waals surface area contributed by atoms with E-state index in [1.165, 1.54) is 0 Å². The summed E-state index contributed by atoms with van der Waals surface area (Å²) in [5.41, 5.74) is 0. The second-order valence-corrected chi connectivity index (χ2v) is 9.31. The minimum absolute atomic E-state index is 1.57. The Morgan fingerprint density at radius 3 is 0.480 bits per heavy atom. The molecule has 12 nitrogen and oxygen atoms in total. The Bertz CT molecular complexity index is 162. The quantitative estimate of drug-likeness (QED) is 0.320. The van der Waals surface area contributed by atoms with Crippen LogP contribution in [-0.4, -0.2) is 115 Å². The first-order chi connectivity index (χ1) is 11.8. The lowest BCUT2D eigenvalue weighted by atomic mass is 10.3. The average Bonchev–Trinajstić information content (AvgIpc) is 2.60. The highest BCUT2D eigenvalue weighted by molar-refractivity contribution is 6.36. The Kier molecular flexibility index (Phi) is 38.1. The third kappa shape index (κ3) is 36.0. The predicted octanol–water partition coefficient (Wildman–Crippen LogP) is -3.12. The maximum Gasteiger partial charge on any atom is 0.631 e. The molecule has 0 radical (unpaired) electrons. The molecule has 0 fully saturated rings. The summed E-state index contributed by atoms with van der Waals surface area (Å²) in [5.74, 6) is 0. The summed E-state index contributed by atoms with van der Waals surface area (Å²) in [6.07, 6.45) is 0. The molecule has 0 aliphatic carbocycles. The standard InChI is InChI=1S/3C3H10O3Si.BH3O3/c3*1-4-7(5-2)6-3;2-1(3)4/h3*7H,1-3H3;2-4H. The van der Waals surface area contributed by atoms with Gasteiger partial charge in [-0.2, -0.15) is 0 Å². The molecule has 156 valence electrons. The fourth-order valence-corrected chi connectivity index (χ4v) is 2.60. The van der Waals surface area contributed by atoms with Gasteiger partial charge in [-0.1, -0.05) is 0 Å². The van der Waals surface area contributed by atoms with E-state index < -0.39 is 35.9 Å². The summed E-state index contributed by atoms with van der Waals surface area (Å²) in [6, 6.07) is 0. The molecule has 0 bridgehead atoms. The summed E-state index contributed by atoms with van der Waals surface area (Å²) in [7, 11) is 6.98. The molecule has 25 heavy (non-hydrogen) atoms. The summed E-state index contributed by atoms with van der Waals surface area (Å²) in [6.45, 7) is 0. The topological polar surface area (TPSA) is 144 Å². The lowest BCUT2D eigenvalue weighted by Gasteiger charge is -2.05. The zero-order valence-electron chi connectivity index (χ0n) is 16.3. The predicted molar refractivity (Wildman–Crippen MR) is 96.9 cm³/mol. The highest BCUT2D eigenvalue weighted by Crippen LogP contribution is 1.82. The van der Waals surface area contributed by atoms with Crippen LogP contribution >= 0.6 is 0 Å². The normalized spacial score (nSPS) is 9.72. The van der Waals surface area contributed by atoms with Crippen LogP contribution in [0.25, 0.3) is 0 Å². The second kappa shape index (κ2) is 29.0. The van der Waals surface area contributed by atoms with Crippen LogP contribution < -0.4 is 0 Å². The maximum absolute atomic E-state index is 7.17. The summed E-state index contributed by atoms with van der Waals surface area (Å²) in [5, 5.41) is 21.5. The Morgan fingerprint density at radius 1 is 0.400 bits per heavy atom. The molecule has 0 aromatic rings. The smallest absolute Gasteiger partial charge is 0.402 e. The minimum atomic E-state index is -2.17. The van der Waals surface area contributed by atoms with E-state index in [0.29, 0.717) is 0 Å². The number of rotatable bonds is 9. The van der Waals surface area contributed by atoms with Crippen molar-refractivity contribution < 1.29 is 54.9 Å². The first kappa shape index (κ1) is 32.9. The highest BCUT2D eigenvalue weighted by Gasteiger charge is 2.06. The number of hydrogen-bond donors (Lipinski definition) is 3. The van der Waals surface area contributed by atoms with Gasteiger partial charge in [-0.05, 0) is 0 Å². The van der Waals surface area contributed by atoms with Crippen LogP contribution in [0.5, 0.6) is 0 Å². The van der Waals surface area contributed by atoms with Gasteiger partial charge < -0.3 is 54.9 Å². The third-order valence-corrected chi connectivity index (χ3v) is 5.20. The van der Waals surface area contributed by atoms with Gasteiger partial charge in [0.2, 0.25) is 0 Å². The molecule has 0 atom stereocenters. The summed E-state index contributed by atoms with van der Waals surface area (Å²) < 4.78 is 42.7. The molecule has 0 saturated heterocycles. The molecule has 0 rings (SSSR count). The monoisotopic (exact) mass is 428 g/mol. The van der Waals surface area contributed by atoms with Gasteiger partial charge in [-0.15, -0.1) is 0 Å². The van der Waals surface area contributed by atoms with E-state index in [1.807, 2.05) is 0 Å². The lowest BCUT2D eigenvalue weighted by molar-refractivity contribution is 0.163. The minimum Gasteiger partial charge on any atom is -0.402 e. The van der Waals surface area contributed by atoms with Gasteiger partial charge in [0.1, 0.15) is 0 Å². The Balaban J connectivity index is -0.000000120. The fourth-order valence-electron chi connectivity index (χ4n) is 0.866. The van der Waals surface area contributed by atoms with E-state index in [-0.39, 0.29) is 0 Å². The molecule has 0 spiro atoms. The molecule has 0 aliphatic rings. The first-order valence-corrected chi connectivity index (χ1v) is 10.8. The molecule has 16 heteroatoms. The Morgan fingerprint density at radius 2 is 0.480 bits per heavy atom. The van der Waals surface area contributed by atoms with Gasteiger partial charge in [-0.25, -0.2) is 0 Å². The van der Waals surface area contributed by atoms with Gasteiger partial charge in [-0.3, -0.25) is 0 Å². The van der Waals surface area contributed by atoms with E-state index in [1.54, 1.807) is 64.0 Å². The lowest BCUT2D eigenvalue weighted by Crippen LogP contribution is -2.21. The SMILES string of the molecule is CO[SiH](OC)OC.CO[SiH](OC)OC.CO[SiH](OC)OC.OB(O)O. The van der Waals surface area contributed by atoms with Crippen LogP contribution in [0.15, 0.2) is 0 Å². The van der Waals surface area contributed by atoms with E-state index in [4.69, 9.17) is 54.9 Å². The first-order valence-electron chi connectivity index (χ1n) is 6.57. The largest absolute Gasteiger partial charge is 0.631 e. The zero-order chi connectivity index (χ0) is 20.7. The van der Waals surface area contributed by atoms with Crippen molar-refractivity contribution >= 4 is 35.9 Å². The van der Waals surface area contributed by atoms with Crippen LogP contribution in [0, 0.1) is 0 Å². The van der Waals surface area contributed by atoms with Gasteiger partial charge in [0.05, 0.1) is 0 Å². The van der Waals surface area contributed by atoms with Crippen LogP contribution in [0.4, 0.5) is 0 Å². The molecule has 0 aliphatic heterocycles. The van der Waals surface area contributed by atoms with Crippen molar-refractivity contribution in [2.75, 3.05) is 64.0 Å². The van der Waals surface area contributed by atoms with Gasteiger partial charge in [0.15, 0.2) is 0 Å². The zero-order valence-corrected chi connectivity index (χ0v) is 19.8. The molecule has 0 amide bonds. The molecular formula is C9H33BO12Si3. The molecule has 3 N–H and O–H groups in total. The van der Waals surface area contributed by atoms with Crippen LogP contribution in [0.2, 0.25) is 0 Å². The van der Waals surface area contributed by atoms with Crippen LogP contribution in [-0.2, 0) is 39.8 Å². The van der Waals surface area contributed by atoms with Crippen LogP contribution in [0.1, 0.15) is 0 Å². The van der Waals surface area contributed by atoms with E-state index >= 15 is 0 Å². The maximum atomic E-state index is 7.17. The van der Waals surface area contributed by atoms with Crippen molar-refractivity contribution in [3.63, 3.8) is 0 Å². The average molecular weight is 428 g/mol. The number of hydrogen-bond acceptors (Lipinski definition) is 12. The molecular weight excluding hydrogens is 395 g/mol. The summed E-state index contributed by atoms with van der Waals surface area (Å²) >= 11 is 0. The molecule has 0 heterocycles. The van der Waals surface area contributed by atoms with Crippen LogP contribution in [0.3, 0.4) is 0 Å². The molecule has 0 aromatic carbocycles. The third-order valence-electron chi connectivity index (χ3n) is 1.73. The van der Waals surface area contributed by atoms with E-state index in [2.05, 4.69) is 0 Å². The van der Waals surface area contributed by atoms with Crippen molar-refractivity contribution in [2.45, 2.75) is 0 Å². The van der Waals surface area contributed by atoms with E-state index in [9.17, 15) is 0 Å². The molecule has 0 saturated carbocycles. The fraction of sp³-hybridized carbons (Fsp3) is 1.00. The van der Waals surface area contributed by atoms with Crippen molar-refractivity contribution in [1.29, 1.82) is 0 Å². The second-order valence-electron chi connectivity index (χ2n) is 3.33. The van der Waals surface area contributed by atoms with E-state index in [0.717, 1.165) is 0 Å². The Hall–Kier alpha value is 0.236. The van der Waals surface area contributed by atoms with Gasteiger partial charge in [0, 0.05) is 64.0 Å². The van der Waals surface area contributed by atoms with Crippen molar-refractivity contribution in [3.05, 3.63) is 0 Å². The molecule has 0 aromatic heterocycles. The van der Waals surface area contributed by atoms with Gasteiger partial charge >= 0.3 is 35.9 Å². The van der Waals surface area contributed by atoms with Gasteiger partial charge in [0.25, 0.3) is 0 Å².